The topological polar surface area (TPSA) is 86.8 Å². The molecule has 2 amide bonds. The van der Waals surface area contributed by atoms with Crippen LogP contribution in [-0.4, -0.2) is 57.1 Å². The lowest BCUT2D eigenvalue weighted by Crippen LogP contribution is -2.52. The lowest BCUT2D eigenvalue weighted by Gasteiger charge is -2.31. The maximum atomic E-state index is 13.4. The number of nitrogens with one attached hydrogen (secondary N) is 1. The molecule has 0 heterocycles. The van der Waals surface area contributed by atoms with Crippen molar-refractivity contribution in [2.75, 3.05) is 30.2 Å². The predicted molar refractivity (Wildman–Crippen MR) is 138 cm³/mol. The highest BCUT2D eigenvalue weighted by atomic mass is 35.5. The average molecular weight is 529 g/mol. The molecule has 0 bridgehead atoms. The average Bonchev–Trinajstić information content (AvgIpc) is 2.79. The minimum atomic E-state index is -3.87. The fourth-order valence-corrected chi connectivity index (χ4v) is 4.69. The van der Waals surface area contributed by atoms with Crippen molar-refractivity contribution in [1.82, 2.24) is 10.2 Å². The van der Waals surface area contributed by atoms with Crippen molar-refractivity contribution < 1.29 is 18.0 Å². The molecule has 1 N–H and O–H groups in total. The van der Waals surface area contributed by atoms with Crippen molar-refractivity contribution in [3.8, 4) is 0 Å². The van der Waals surface area contributed by atoms with Gasteiger partial charge >= 0.3 is 0 Å². The minimum absolute atomic E-state index is 0.0311. The molecule has 0 aliphatic heterocycles. The molecule has 2 aromatic rings. The summed E-state index contributed by atoms with van der Waals surface area (Å²) in [6.45, 7) is 3.90. The molecule has 7 nitrogen and oxygen atoms in total. The number of rotatable bonds is 12. The predicted octanol–water partition coefficient (Wildman–Crippen LogP) is 4.14. The van der Waals surface area contributed by atoms with Gasteiger partial charge in [-0.1, -0.05) is 72.9 Å². The number of hydrogen-bond donors (Lipinski definition) is 1. The summed E-state index contributed by atoms with van der Waals surface area (Å²) in [5.74, 6) is -0.808. The van der Waals surface area contributed by atoms with Crippen LogP contribution in [0.5, 0.6) is 0 Å². The van der Waals surface area contributed by atoms with Crippen LogP contribution >= 0.6 is 23.2 Å². The number of amides is 2. The van der Waals surface area contributed by atoms with Crippen LogP contribution in [0, 0.1) is 0 Å². The molecule has 2 rings (SSSR count). The van der Waals surface area contributed by atoms with E-state index >= 15 is 0 Å². The second kappa shape index (κ2) is 13.0. The van der Waals surface area contributed by atoms with Gasteiger partial charge in [-0.15, -0.1) is 0 Å². The summed E-state index contributed by atoms with van der Waals surface area (Å²) < 4.78 is 26.1. The fraction of sp³-hybridized carbons (Fsp3) is 0.417. The van der Waals surface area contributed by atoms with Crippen LogP contribution in [0.1, 0.15) is 32.3 Å². The fourth-order valence-electron chi connectivity index (χ4n) is 3.39. The Hall–Kier alpha value is -2.29. The maximum absolute atomic E-state index is 13.4. The van der Waals surface area contributed by atoms with E-state index in [1.54, 1.807) is 13.0 Å². The van der Waals surface area contributed by atoms with Gasteiger partial charge in [-0.25, -0.2) is 8.42 Å². The summed E-state index contributed by atoms with van der Waals surface area (Å²) >= 11 is 12.3. The number of unbranched alkanes of at least 4 members (excludes halogenated alkanes) is 1. The normalized spacial score (nSPS) is 12.1. The lowest BCUT2D eigenvalue weighted by molar-refractivity contribution is -0.138. The molecule has 186 valence electrons. The van der Waals surface area contributed by atoms with Gasteiger partial charge < -0.3 is 10.2 Å². The Morgan fingerprint density at radius 1 is 1.06 bits per heavy atom. The molecule has 0 aliphatic carbocycles. The van der Waals surface area contributed by atoms with Gasteiger partial charge in [0.05, 0.1) is 22.0 Å². The third-order valence-electron chi connectivity index (χ3n) is 5.36. The lowest BCUT2D eigenvalue weighted by atomic mass is 10.1. The quantitative estimate of drug-likeness (QED) is 0.420. The smallest absolute Gasteiger partial charge is 0.244 e. The zero-order valence-electron chi connectivity index (χ0n) is 19.6. The summed E-state index contributed by atoms with van der Waals surface area (Å²) in [7, 11) is -3.87. The largest absolute Gasteiger partial charge is 0.354 e. The second-order valence-corrected chi connectivity index (χ2v) is 10.7. The molecule has 0 saturated heterocycles. The Morgan fingerprint density at radius 2 is 1.74 bits per heavy atom. The van der Waals surface area contributed by atoms with E-state index in [0.717, 1.165) is 29.0 Å². The van der Waals surface area contributed by atoms with Crippen molar-refractivity contribution in [2.45, 2.75) is 39.2 Å². The molecular formula is C24H31Cl2N3O4S. The molecule has 2 aromatic carbocycles. The zero-order chi connectivity index (χ0) is 25.3. The van der Waals surface area contributed by atoms with E-state index in [-0.39, 0.29) is 28.2 Å². The zero-order valence-corrected chi connectivity index (χ0v) is 22.0. The van der Waals surface area contributed by atoms with Crippen LogP contribution in [0.3, 0.4) is 0 Å². The first kappa shape index (κ1) is 28.0. The molecule has 10 heteroatoms. The van der Waals surface area contributed by atoms with Crippen LogP contribution in [0.4, 0.5) is 5.69 Å². The van der Waals surface area contributed by atoms with Crippen molar-refractivity contribution in [3.05, 3.63) is 64.1 Å². The summed E-state index contributed by atoms with van der Waals surface area (Å²) in [4.78, 5) is 27.6. The minimum Gasteiger partial charge on any atom is -0.354 e. The van der Waals surface area contributed by atoms with Crippen LogP contribution in [0.25, 0.3) is 0 Å². The van der Waals surface area contributed by atoms with E-state index in [4.69, 9.17) is 23.2 Å². The molecular weight excluding hydrogens is 497 g/mol. The summed E-state index contributed by atoms with van der Waals surface area (Å²) in [6, 6.07) is 13.3. The van der Waals surface area contributed by atoms with E-state index < -0.39 is 28.5 Å². The summed E-state index contributed by atoms with van der Waals surface area (Å²) in [5, 5.41) is 3.05. The highest BCUT2D eigenvalue weighted by Gasteiger charge is 2.30. The molecule has 0 aliphatic rings. The number of anilines is 1. The van der Waals surface area contributed by atoms with E-state index in [9.17, 15) is 18.0 Å². The van der Waals surface area contributed by atoms with Crippen LogP contribution in [0.2, 0.25) is 10.0 Å². The number of carbonyl (C=O) groups is 2. The monoisotopic (exact) mass is 527 g/mol. The molecule has 0 spiro atoms. The molecule has 1 unspecified atom stereocenters. The van der Waals surface area contributed by atoms with E-state index in [0.29, 0.717) is 13.0 Å². The van der Waals surface area contributed by atoms with Crippen molar-refractivity contribution in [1.29, 1.82) is 0 Å². The Kier molecular flexibility index (Phi) is 10.7. The third kappa shape index (κ3) is 7.89. The number of nitrogens with zero attached hydrogens (tertiary/aromatic N) is 2. The number of carbonyl (C=O) groups excluding carboxylic acids is 2. The highest BCUT2D eigenvalue weighted by Crippen LogP contribution is 2.33. The second-order valence-electron chi connectivity index (χ2n) is 7.99. The van der Waals surface area contributed by atoms with Gasteiger partial charge in [0, 0.05) is 13.1 Å². The molecule has 0 saturated carbocycles. The molecule has 0 radical (unpaired) electrons. The number of sulfonamides is 1. The van der Waals surface area contributed by atoms with Crippen LogP contribution < -0.4 is 9.62 Å². The number of halogens is 2. The molecule has 34 heavy (non-hydrogen) atoms. The molecule has 0 fully saturated rings. The highest BCUT2D eigenvalue weighted by molar-refractivity contribution is 7.92. The van der Waals surface area contributed by atoms with Gasteiger partial charge in [-0.2, -0.15) is 0 Å². The summed E-state index contributed by atoms with van der Waals surface area (Å²) in [6.07, 6.45) is 3.25. The van der Waals surface area contributed by atoms with Crippen molar-refractivity contribution in [3.63, 3.8) is 0 Å². The molecule has 0 aromatic heterocycles. The standard InChI is InChI=1S/C24H31Cl2N3O4S/c1-4-5-15-27-24(31)18(2)28(16-14-19-10-7-6-8-11-19)22(30)17-29(34(3,32)33)21-13-9-12-20(25)23(21)26/h6-13,18H,4-5,14-17H2,1-3H3,(H,27,31). The van der Waals surface area contributed by atoms with Crippen LogP contribution in [0.15, 0.2) is 48.5 Å². The Morgan fingerprint density at radius 3 is 2.35 bits per heavy atom. The van der Waals surface area contributed by atoms with Crippen LogP contribution in [-0.2, 0) is 26.0 Å². The number of benzene rings is 2. The van der Waals surface area contributed by atoms with E-state index in [1.807, 2.05) is 37.3 Å². The Labute approximate surface area is 212 Å². The van der Waals surface area contributed by atoms with Gasteiger partial charge in [0.15, 0.2) is 0 Å². The summed E-state index contributed by atoms with van der Waals surface area (Å²) in [5.41, 5.74) is 1.10. The molecule has 1 atom stereocenters. The van der Waals surface area contributed by atoms with E-state index in [1.165, 1.54) is 17.0 Å². The van der Waals surface area contributed by atoms with Crippen molar-refractivity contribution >= 4 is 50.7 Å². The first-order valence-corrected chi connectivity index (χ1v) is 13.7. The SMILES string of the molecule is CCCCNC(=O)C(C)N(CCc1ccccc1)C(=O)CN(c1cccc(Cl)c1Cl)S(C)(=O)=O. The van der Waals surface area contributed by atoms with Gasteiger partial charge in [0.1, 0.15) is 12.6 Å². The first-order chi connectivity index (χ1) is 16.1. The van der Waals surface area contributed by atoms with Gasteiger partial charge in [0.25, 0.3) is 0 Å². The van der Waals surface area contributed by atoms with Crippen molar-refractivity contribution in [2.24, 2.45) is 0 Å². The van der Waals surface area contributed by atoms with E-state index in [2.05, 4.69) is 5.32 Å². The van der Waals surface area contributed by atoms with Gasteiger partial charge in [-0.3, -0.25) is 13.9 Å². The third-order valence-corrected chi connectivity index (χ3v) is 7.30. The first-order valence-electron chi connectivity index (χ1n) is 11.1. The maximum Gasteiger partial charge on any atom is 0.244 e. The number of hydrogen-bond acceptors (Lipinski definition) is 4. The Balaban J connectivity index is 2.31. The van der Waals surface area contributed by atoms with Gasteiger partial charge in [0.2, 0.25) is 21.8 Å². The van der Waals surface area contributed by atoms with Gasteiger partial charge in [-0.05, 0) is 37.5 Å². The Bertz CT molecular complexity index is 1080.